The van der Waals surface area contributed by atoms with Crippen LogP contribution in [0.4, 0.5) is 0 Å². The molecule has 0 aliphatic rings. The highest BCUT2D eigenvalue weighted by atomic mass is 16.5. The van der Waals surface area contributed by atoms with Crippen molar-refractivity contribution in [1.82, 2.24) is 9.97 Å². The van der Waals surface area contributed by atoms with E-state index in [1.165, 1.54) is 0 Å². The fourth-order valence-corrected chi connectivity index (χ4v) is 1.75. The lowest BCUT2D eigenvalue weighted by Gasteiger charge is -2.10. The molecule has 17 heavy (non-hydrogen) atoms. The van der Waals surface area contributed by atoms with Crippen LogP contribution in [0.15, 0.2) is 30.5 Å². The molecule has 0 aliphatic heterocycles. The molecule has 1 unspecified atom stereocenters. The van der Waals surface area contributed by atoms with E-state index in [0.29, 0.717) is 0 Å². The highest BCUT2D eigenvalue weighted by molar-refractivity contribution is 5.73. The molecule has 1 aromatic heterocycles. The second kappa shape index (κ2) is 5.70. The average Bonchev–Trinajstić information content (AvgIpc) is 2.38. The van der Waals surface area contributed by atoms with Crippen LogP contribution in [-0.4, -0.2) is 23.7 Å². The molecule has 4 nitrogen and oxygen atoms in total. The summed E-state index contributed by atoms with van der Waals surface area (Å²) in [6, 6.07) is 7.74. The summed E-state index contributed by atoms with van der Waals surface area (Å²) in [5, 5.41) is 0. The van der Waals surface area contributed by atoms with Gasteiger partial charge >= 0.3 is 0 Å². The first kappa shape index (κ1) is 12.0. The molecule has 0 saturated heterocycles. The number of methoxy groups -OCH3 is 1. The Hall–Kier alpha value is -1.52. The second-order valence-corrected chi connectivity index (χ2v) is 4.03. The van der Waals surface area contributed by atoms with Gasteiger partial charge in [0, 0.05) is 19.8 Å². The summed E-state index contributed by atoms with van der Waals surface area (Å²) in [5.74, 6) is 0. The van der Waals surface area contributed by atoms with Crippen LogP contribution in [-0.2, 0) is 4.74 Å². The molecule has 2 aromatic rings. The van der Waals surface area contributed by atoms with Crippen LogP contribution in [0.1, 0.15) is 24.6 Å². The first-order valence-electron chi connectivity index (χ1n) is 5.77. The first-order chi connectivity index (χ1) is 8.31. The highest BCUT2D eigenvalue weighted by Gasteiger charge is 2.08. The zero-order valence-electron chi connectivity index (χ0n) is 9.97. The van der Waals surface area contributed by atoms with E-state index in [1.54, 1.807) is 13.3 Å². The van der Waals surface area contributed by atoms with E-state index < -0.39 is 0 Å². The summed E-state index contributed by atoms with van der Waals surface area (Å²) in [4.78, 5) is 8.88. The predicted molar refractivity (Wildman–Crippen MR) is 67.6 cm³/mol. The van der Waals surface area contributed by atoms with Crippen LogP contribution < -0.4 is 5.73 Å². The third-order valence-electron chi connectivity index (χ3n) is 2.71. The summed E-state index contributed by atoms with van der Waals surface area (Å²) < 4.78 is 5.01. The normalized spacial score (nSPS) is 12.8. The average molecular weight is 231 g/mol. The van der Waals surface area contributed by atoms with Gasteiger partial charge in [-0.05, 0) is 25.0 Å². The minimum Gasteiger partial charge on any atom is -0.385 e. The van der Waals surface area contributed by atoms with Gasteiger partial charge in [-0.2, -0.15) is 0 Å². The van der Waals surface area contributed by atoms with Crippen LogP contribution in [0.5, 0.6) is 0 Å². The summed E-state index contributed by atoms with van der Waals surface area (Å²) in [6.45, 7) is 0.731. The van der Waals surface area contributed by atoms with Crippen molar-refractivity contribution in [3.63, 3.8) is 0 Å². The lowest BCUT2D eigenvalue weighted by molar-refractivity contribution is 0.190. The number of fused-ring (bicyclic) bond motifs is 1. The highest BCUT2D eigenvalue weighted by Crippen LogP contribution is 2.16. The third kappa shape index (κ3) is 2.99. The predicted octanol–water partition coefficient (Wildman–Crippen LogP) is 2.06. The van der Waals surface area contributed by atoms with Gasteiger partial charge < -0.3 is 10.5 Å². The Morgan fingerprint density at radius 2 is 2.06 bits per heavy atom. The minimum atomic E-state index is -0.0674. The number of hydrogen-bond donors (Lipinski definition) is 1. The molecule has 1 atom stereocenters. The number of rotatable bonds is 5. The second-order valence-electron chi connectivity index (χ2n) is 4.03. The van der Waals surface area contributed by atoms with E-state index in [0.717, 1.165) is 36.2 Å². The SMILES string of the molecule is COCCCC(N)c1cnc2ccccc2n1. The van der Waals surface area contributed by atoms with Gasteiger partial charge in [0.05, 0.1) is 22.9 Å². The smallest absolute Gasteiger partial charge is 0.0890 e. The van der Waals surface area contributed by atoms with E-state index in [2.05, 4.69) is 9.97 Å². The molecule has 0 saturated carbocycles. The molecule has 0 amide bonds. The third-order valence-corrected chi connectivity index (χ3v) is 2.71. The molecule has 0 aliphatic carbocycles. The van der Waals surface area contributed by atoms with E-state index in [1.807, 2.05) is 24.3 Å². The van der Waals surface area contributed by atoms with Crippen LogP contribution in [0, 0.1) is 0 Å². The van der Waals surface area contributed by atoms with Gasteiger partial charge in [0.1, 0.15) is 0 Å². The van der Waals surface area contributed by atoms with Crippen molar-refractivity contribution >= 4 is 11.0 Å². The standard InChI is InChI=1S/C13H17N3O/c1-17-8-4-5-10(14)13-9-15-11-6-2-3-7-12(11)16-13/h2-3,6-7,9-10H,4-5,8,14H2,1H3. The maximum absolute atomic E-state index is 6.07. The fourth-order valence-electron chi connectivity index (χ4n) is 1.75. The quantitative estimate of drug-likeness (QED) is 0.800. The van der Waals surface area contributed by atoms with E-state index in [4.69, 9.17) is 10.5 Å². The molecule has 1 heterocycles. The number of nitrogens with zero attached hydrogens (tertiary/aromatic N) is 2. The summed E-state index contributed by atoms with van der Waals surface area (Å²) in [7, 11) is 1.70. The van der Waals surface area contributed by atoms with Crippen LogP contribution in [0.3, 0.4) is 0 Å². The van der Waals surface area contributed by atoms with E-state index >= 15 is 0 Å². The maximum atomic E-state index is 6.07. The Morgan fingerprint density at radius 3 is 2.82 bits per heavy atom. The number of ether oxygens (including phenoxy) is 1. The van der Waals surface area contributed by atoms with Gasteiger partial charge in [-0.15, -0.1) is 0 Å². The van der Waals surface area contributed by atoms with Gasteiger partial charge in [0.15, 0.2) is 0 Å². The lowest BCUT2D eigenvalue weighted by atomic mass is 10.1. The largest absolute Gasteiger partial charge is 0.385 e. The monoisotopic (exact) mass is 231 g/mol. The van der Waals surface area contributed by atoms with Crippen molar-refractivity contribution in [1.29, 1.82) is 0 Å². The topological polar surface area (TPSA) is 61.0 Å². The maximum Gasteiger partial charge on any atom is 0.0890 e. The van der Waals surface area contributed by atoms with E-state index in [9.17, 15) is 0 Å². The Kier molecular flexibility index (Phi) is 4.01. The molecule has 0 spiro atoms. The number of benzene rings is 1. The van der Waals surface area contributed by atoms with Gasteiger partial charge in [-0.1, -0.05) is 12.1 Å². The number of hydrogen-bond acceptors (Lipinski definition) is 4. The molecular formula is C13H17N3O. The molecule has 2 N–H and O–H groups in total. The Bertz CT molecular complexity index is 487. The van der Waals surface area contributed by atoms with Crippen molar-refractivity contribution < 1.29 is 4.74 Å². The van der Waals surface area contributed by atoms with Crippen molar-refractivity contribution in [3.8, 4) is 0 Å². The summed E-state index contributed by atoms with van der Waals surface area (Å²) in [6.07, 6.45) is 3.56. The molecule has 90 valence electrons. The zero-order valence-corrected chi connectivity index (χ0v) is 9.97. The van der Waals surface area contributed by atoms with Crippen molar-refractivity contribution in [2.75, 3.05) is 13.7 Å². The number of nitrogens with two attached hydrogens (primary N) is 1. The van der Waals surface area contributed by atoms with Crippen molar-refractivity contribution in [3.05, 3.63) is 36.2 Å². The van der Waals surface area contributed by atoms with Crippen LogP contribution >= 0.6 is 0 Å². The first-order valence-corrected chi connectivity index (χ1v) is 5.77. The Balaban J connectivity index is 2.12. The minimum absolute atomic E-state index is 0.0674. The van der Waals surface area contributed by atoms with Crippen LogP contribution in [0.25, 0.3) is 11.0 Å². The summed E-state index contributed by atoms with van der Waals surface area (Å²) in [5.41, 5.74) is 8.71. The molecule has 2 rings (SSSR count). The molecule has 0 fully saturated rings. The number of para-hydroxylation sites is 2. The fraction of sp³-hybridized carbons (Fsp3) is 0.385. The molecule has 4 heteroatoms. The zero-order chi connectivity index (χ0) is 12.1. The van der Waals surface area contributed by atoms with Crippen LogP contribution in [0.2, 0.25) is 0 Å². The van der Waals surface area contributed by atoms with Crippen molar-refractivity contribution in [2.24, 2.45) is 5.73 Å². The number of aromatic nitrogens is 2. The lowest BCUT2D eigenvalue weighted by Crippen LogP contribution is -2.13. The Morgan fingerprint density at radius 1 is 1.29 bits per heavy atom. The molecule has 1 aromatic carbocycles. The van der Waals surface area contributed by atoms with Crippen molar-refractivity contribution in [2.45, 2.75) is 18.9 Å². The van der Waals surface area contributed by atoms with E-state index in [-0.39, 0.29) is 6.04 Å². The molecule has 0 bridgehead atoms. The van der Waals surface area contributed by atoms with Gasteiger partial charge in [-0.25, -0.2) is 4.98 Å². The molecular weight excluding hydrogens is 214 g/mol. The summed E-state index contributed by atoms with van der Waals surface area (Å²) >= 11 is 0. The van der Waals surface area contributed by atoms with Gasteiger partial charge in [0.25, 0.3) is 0 Å². The Labute approximate surface area is 101 Å². The van der Waals surface area contributed by atoms with Gasteiger partial charge in [-0.3, -0.25) is 4.98 Å². The molecule has 0 radical (unpaired) electrons. The van der Waals surface area contributed by atoms with Gasteiger partial charge in [0.2, 0.25) is 0 Å².